The number of amides is 2. The highest BCUT2D eigenvalue weighted by atomic mass is 16.5. The minimum Gasteiger partial charge on any atom is -0.378 e. The summed E-state index contributed by atoms with van der Waals surface area (Å²) in [6, 6.07) is 4.56. The molecule has 1 aliphatic carbocycles. The molecule has 1 atom stereocenters. The molecule has 10 nitrogen and oxygen atoms in total. The molecule has 0 bridgehead atoms. The van der Waals surface area contributed by atoms with Crippen LogP contribution in [0.2, 0.25) is 0 Å². The minimum absolute atomic E-state index is 0.0545. The molecule has 0 radical (unpaired) electrons. The van der Waals surface area contributed by atoms with Crippen LogP contribution >= 0.6 is 0 Å². The van der Waals surface area contributed by atoms with E-state index in [0.717, 1.165) is 36.8 Å². The molecule has 3 aromatic heterocycles. The van der Waals surface area contributed by atoms with Crippen LogP contribution in [0, 0.1) is 18.8 Å². The van der Waals surface area contributed by atoms with E-state index in [-0.39, 0.29) is 17.7 Å². The number of anilines is 1. The zero-order chi connectivity index (χ0) is 24.9. The smallest absolute Gasteiger partial charge is 0.270 e. The second-order valence-corrected chi connectivity index (χ2v) is 9.23. The fraction of sp³-hybridized carbons (Fsp3) is 0.480. The lowest BCUT2D eigenvalue weighted by Gasteiger charge is -2.32. The lowest BCUT2D eigenvalue weighted by molar-refractivity contribution is -0.119. The van der Waals surface area contributed by atoms with Gasteiger partial charge in [-0.3, -0.25) is 14.3 Å². The average molecular weight is 481 g/mol. The summed E-state index contributed by atoms with van der Waals surface area (Å²) in [5.74, 6) is 1.16. The van der Waals surface area contributed by atoms with Crippen LogP contribution in [0.5, 0.6) is 0 Å². The van der Waals surface area contributed by atoms with Crippen molar-refractivity contribution in [2.45, 2.75) is 52.2 Å². The van der Waals surface area contributed by atoms with Gasteiger partial charge in [-0.2, -0.15) is 5.10 Å². The van der Waals surface area contributed by atoms with E-state index >= 15 is 0 Å². The first kappa shape index (κ1) is 24.6. The van der Waals surface area contributed by atoms with Gasteiger partial charge in [0.25, 0.3) is 5.91 Å². The summed E-state index contributed by atoms with van der Waals surface area (Å²) < 4.78 is 12.0. The molecular formula is C25H32N6O4. The molecule has 0 spiro atoms. The Kier molecular flexibility index (Phi) is 7.60. The Labute approximate surface area is 204 Å². The molecule has 0 aromatic carbocycles. The third-order valence-corrected chi connectivity index (χ3v) is 6.67. The van der Waals surface area contributed by atoms with E-state index in [9.17, 15) is 9.59 Å². The number of hydrogen-bond acceptors (Lipinski definition) is 7. The van der Waals surface area contributed by atoms with Crippen LogP contribution in [-0.4, -0.2) is 44.9 Å². The van der Waals surface area contributed by atoms with Crippen LogP contribution in [0.3, 0.4) is 0 Å². The van der Waals surface area contributed by atoms with Crippen molar-refractivity contribution in [2.75, 3.05) is 12.4 Å². The topological polar surface area (TPSA) is 124 Å². The second-order valence-electron chi connectivity index (χ2n) is 9.23. The SMILES string of the molecule is COCc1noc(C)c1-c1ccc(NC(=O)C(NC(=O)c2ccnn2C)C2CCC(C)CC2)nc1. The Hall–Kier alpha value is -3.53. The van der Waals surface area contributed by atoms with Gasteiger partial charge in [0.2, 0.25) is 5.91 Å². The Balaban J connectivity index is 1.50. The third-order valence-electron chi connectivity index (χ3n) is 6.67. The Morgan fingerprint density at radius 3 is 2.63 bits per heavy atom. The Morgan fingerprint density at radius 1 is 1.23 bits per heavy atom. The lowest BCUT2D eigenvalue weighted by Crippen LogP contribution is -2.49. The molecule has 2 amide bonds. The number of nitrogens with one attached hydrogen (secondary N) is 2. The van der Waals surface area contributed by atoms with Crippen LogP contribution in [0.15, 0.2) is 35.1 Å². The summed E-state index contributed by atoms with van der Waals surface area (Å²) >= 11 is 0. The molecule has 10 heteroatoms. The van der Waals surface area contributed by atoms with E-state index in [1.165, 1.54) is 4.68 Å². The van der Waals surface area contributed by atoms with E-state index in [0.29, 0.717) is 35.5 Å². The molecule has 1 fully saturated rings. The van der Waals surface area contributed by atoms with E-state index in [1.54, 1.807) is 38.7 Å². The van der Waals surface area contributed by atoms with Crippen LogP contribution in [0.1, 0.15) is 54.5 Å². The molecule has 0 aliphatic heterocycles. The molecule has 186 valence electrons. The van der Waals surface area contributed by atoms with Gasteiger partial charge in [-0.15, -0.1) is 0 Å². The van der Waals surface area contributed by atoms with E-state index in [2.05, 4.69) is 32.8 Å². The Bertz CT molecular complexity index is 1160. The normalized spacial score (nSPS) is 18.7. The van der Waals surface area contributed by atoms with Gasteiger partial charge >= 0.3 is 0 Å². The number of methoxy groups -OCH3 is 1. The van der Waals surface area contributed by atoms with Gasteiger partial charge in [-0.1, -0.05) is 24.9 Å². The van der Waals surface area contributed by atoms with Gasteiger partial charge in [0.15, 0.2) is 0 Å². The number of aryl methyl sites for hydroxylation is 2. The van der Waals surface area contributed by atoms with Gasteiger partial charge in [0.1, 0.15) is 29.0 Å². The lowest BCUT2D eigenvalue weighted by atomic mass is 9.79. The fourth-order valence-corrected chi connectivity index (χ4v) is 4.67. The highest BCUT2D eigenvalue weighted by Gasteiger charge is 2.33. The highest BCUT2D eigenvalue weighted by molar-refractivity contribution is 6.00. The molecule has 35 heavy (non-hydrogen) atoms. The van der Waals surface area contributed by atoms with Gasteiger partial charge in [-0.25, -0.2) is 4.98 Å². The van der Waals surface area contributed by atoms with Crippen molar-refractivity contribution in [3.8, 4) is 11.1 Å². The molecule has 3 heterocycles. The summed E-state index contributed by atoms with van der Waals surface area (Å²) in [5, 5.41) is 13.9. The van der Waals surface area contributed by atoms with Crippen LogP contribution < -0.4 is 10.6 Å². The molecule has 3 aromatic rings. The third kappa shape index (κ3) is 5.59. The number of carbonyl (C=O) groups is 2. The number of nitrogens with zero attached hydrogens (tertiary/aromatic N) is 4. The van der Waals surface area contributed by atoms with Crippen molar-refractivity contribution in [1.29, 1.82) is 0 Å². The summed E-state index contributed by atoms with van der Waals surface area (Å²) in [5.41, 5.74) is 2.74. The van der Waals surface area contributed by atoms with E-state index < -0.39 is 6.04 Å². The maximum Gasteiger partial charge on any atom is 0.270 e. The average Bonchev–Trinajstić information content (AvgIpc) is 3.44. The van der Waals surface area contributed by atoms with Crippen LogP contribution in [0.25, 0.3) is 11.1 Å². The number of rotatable bonds is 8. The first-order chi connectivity index (χ1) is 16.9. The van der Waals surface area contributed by atoms with Crippen molar-refractivity contribution >= 4 is 17.6 Å². The molecule has 4 rings (SSSR count). The zero-order valence-electron chi connectivity index (χ0n) is 20.6. The van der Waals surface area contributed by atoms with Crippen molar-refractivity contribution in [3.63, 3.8) is 0 Å². The molecule has 1 saturated carbocycles. The largest absolute Gasteiger partial charge is 0.378 e. The van der Waals surface area contributed by atoms with Gasteiger partial charge in [0, 0.05) is 32.1 Å². The van der Waals surface area contributed by atoms with E-state index in [4.69, 9.17) is 9.26 Å². The maximum atomic E-state index is 13.4. The highest BCUT2D eigenvalue weighted by Crippen LogP contribution is 2.31. The van der Waals surface area contributed by atoms with E-state index in [1.807, 2.05) is 13.0 Å². The van der Waals surface area contributed by atoms with Crippen molar-refractivity contribution < 1.29 is 18.8 Å². The maximum absolute atomic E-state index is 13.4. The van der Waals surface area contributed by atoms with Crippen molar-refractivity contribution in [3.05, 3.63) is 47.7 Å². The fourth-order valence-electron chi connectivity index (χ4n) is 4.67. The first-order valence-electron chi connectivity index (χ1n) is 11.9. The standard InChI is InChI=1S/C25H32N6O4/c1-15-5-7-17(8-6-15)23(29-24(32)20-11-12-27-31(20)3)25(33)28-21-10-9-18(13-26-21)22-16(2)35-30-19(22)14-34-4/h9-13,15,17,23H,5-8,14H2,1-4H3,(H,29,32)(H,26,28,33). The van der Waals surface area contributed by atoms with Gasteiger partial charge in [0.05, 0.1) is 12.2 Å². The van der Waals surface area contributed by atoms with Crippen LogP contribution in [-0.2, 0) is 23.2 Å². The quantitative estimate of drug-likeness (QED) is 0.506. The second kappa shape index (κ2) is 10.8. The van der Waals surface area contributed by atoms with Gasteiger partial charge in [-0.05, 0) is 49.8 Å². The molecule has 2 N–H and O–H groups in total. The summed E-state index contributed by atoms with van der Waals surface area (Å²) in [6.07, 6.45) is 7.06. The van der Waals surface area contributed by atoms with Crippen molar-refractivity contribution in [1.82, 2.24) is 25.2 Å². The monoisotopic (exact) mass is 480 g/mol. The number of hydrogen-bond donors (Lipinski definition) is 2. The molecular weight excluding hydrogens is 448 g/mol. The summed E-state index contributed by atoms with van der Waals surface area (Å²) in [6.45, 7) is 4.38. The predicted molar refractivity (Wildman–Crippen MR) is 129 cm³/mol. The first-order valence-corrected chi connectivity index (χ1v) is 11.9. The molecule has 0 saturated heterocycles. The summed E-state index contributed by atoms with van der Waals surface area (Å²) in [7, 11) is 3.30. The van der Waals surface area contributed by atoms with Crippen molar-refractivity contribution in [2.24, 2.45) is 18.9 Å². The molecule has 1 unspecified atom stereocenters. The molecule has 1 aliphatic rings. The predicted octanol–water partition coefficient (Wildman–Crippen LogP) is 3.49. The summed E-state index contributed by atoms with van der Waals surface area (Å²) in [4.78, 5) is 30.7. The number of ether oxygens (including phenoxy) is 1. The number of pyridine rings is 1. The van der Waals surface area contributed by atoms with Crippen LogP contribution in [0.4, 0.5) is 5.82 Å². The van der Waals surface area contributed by atoms with Gasteiger partial charge < -0.3 is 19.9 Å². The zero-order valence-corrected chi connectivity index (χ0v) is 20.6. The minimum atomic E-state index is -0.667. The number of aromatic nitrogens is 4. The Morgan fingerprint density at radius 2 is 2.00 bits per heavy atom. The number of carbonyl (C=O) groups excluding carboxylic acids is 2.